The Hall–Kier alpha value is -1.63. The molecule has 18 heavy (non-hydrogen) atoms. The summed E-state index contributed by atoms with van der Waals surface area (Å²) in [6, 6.07) is 4.07. The summed E-state index contributed by atoms with van der Waals surface area (Å²) < 4.78 is 5.03. The quantitative estimate of drug-likeness (QED) is 0.513. The summed E-state index contributed by atoms with van der Waals surface area (Å²) in [4.78, 5) is 21.7. The fraction of sp³-hybridized carbons (Fsp3) is 0.364. The average Bonchev–Trinajstić information content (AvgIpc) is 2.36. The van der Waals surface area contributed by atoms with Gasteiger partial charge >= 0.3 is 5.97 Å². The molecule has 0 aromatic heterocycles. The van der Waals surface area contributed by atoms with E-state index in [0.717, 1.165) is 0 Å². The molecule has 0 saturated carbocycles. The number of carbonyl (C=O) groups excluding carboxylic acids is 1. The second-order valence-electron chi connectivity index (χ2n) is 3.55. The highest BCUT2D eigenvalue weighted by molar-refractivity contribution is 9.10. The number of benzene rings is 1. The molecular weight excluding hydrogens is 304 g/mol. The standard InChI is InChI=1S/C11H13BrN2O4/c1-3-9(11(15)18-2)13-7-4-5-8(12)10(6-7)14(16)17/h4-6,9,13H,3H2,1-2H3. The molecule has 1 aromatic carbocycles. The van der Waals surface area contributed by atoms with E-state index >= 15 is 0 Å². The molecule has 0 aliphatic rings. The first-order valence-corrected chi connectivity index (χ1v) is 6.07. The molecule has 1 aromatic rings. The van der Waals surface area contributed by atoms with Crippen LogP contribution in [0.25, 0.3) is 0 Å². The van der Waals surface area contributed by atoms with Crippen molar-refractivity contribution in [3.8, 4) is 0 Å². The van der Waals surface area contributed by atoms with Crippen molar-refractivity contribution < 1.29 is 14.5 Å². The molecule has 0 aliphatic heterocycles. The largest absolute Gasteiger partial charge is 0.467 e. The molecule has 0 aliphatic carbocycles. The van der Waals surface area contributed by atoms with Gasteiger partial charge in [0.05, 0.1) is 16.5 Å². The van der Waals surface area contributed by atoms with Crippen LogP contribution < -0.4 is 5.32 Å². The predicted molar refractivity (Wildman–Crippen MR) is 70.5 cm³/mol. The van der Waals surface area contributed by atoms with Gasteiger partial charge in [0.2, 0.25) is 0 Å². The van der Waals surface area contributed by atoms with Gasteiger partial charge in [-0.2, -0.15) is 0 Å². The van der Waals surface area contributed by atoms with E-state index < -0.39 is 16.9 Å². The number of rotatable bonds is 5. The first-order chi connectivity index (χ1) is 8.49. The third-order valence-corrected chi connectivity index (χ3v) is 3.05. The maximum absolute atomic E-state index is 11.4. The van der Waals surface area contributed by atoms with Gasteiger partial charge in [-0.05, 0) is 34.5 Å². The molecule has 1 unspecified atom stereocenters. The van der Waals surface area contributed by atoms with Crippen LogP contribution in [0.5, 0.6) is 0 Å². The van der Waals surface area contributed by atoms with Crippen LogP contribution in [0.2, 0.25) is 0 Å². The number of ether oxygens (including phenoxy) is 1. The highest BCUT2D eigenvalue weighted by atomic mass is 79.9. The molecule has 0 fully saturated rings. The zero-order chi connectivity index (χ0) is 13.7. The third kappa shape index (κ3) is 3.43. The van der Waals surface area contributed by atoms with Gasteiger partial charge in [-0.15, -0.1) is 0 Å². The van der Waals surface area contributed by atoms with Crippen LogP contribution in [-0.2, 0) is 9.53 Å². The molecule has 1 N–H and O–H groups in total. The minimum Gasteiger partial charge on any atom is -0.467 e. The van der Waals surface area contributed by atoms with Gasteiger partial charge in [0, 0.05) is 11.8 Å². The van der Waals surface area contributed by atoms with Crippen molar-refractivity contribution in [1.82, 2.24) is 0 Å². The van der Waals surface area contributed by atoms with E-state index in [0.29, 0.717) is 16.6 Å². The molecule has 0 saturated heterocycles. The Balaban J connectivity index is 2.94. The van der Waals surface area contributed by atoms with E-state index in [1.165, 1.54) is 13.2 Å². The number of hydrogen-bond acceptors (Lipinski definition) is 5. The zero-order valence-corrected chi connectivity index (χ0v) is 11.6. The molecule has 0 spiro atoms. The van der Waals surface area contributed by atoms with Gasteiger partial charge in [-0.1, -0.05) is 6.92 Å². The Labute approximate surface area is 113 Å². The molecule has 98 valence electrons. The number of carbonyl (C=O) groups is 1. The number of nitro groups is 1. The molecule has 0 bridgehead atoms. The van der Waals surface area contributed by atoms with Crippen molar-refractivity contribution in [2.24, 2.45) is 0 Å². The van der Waals surface area contributed by atoms with Crippen molar-refractivity contribution in [3.05, 3.63) is 32.8 Å². The normalized spacial score (nSPS) is 11.7. The lowest BCUT2D eigenvalue weighted by molar-refractivity contribution is -0.385. The summed E-state index contributed by atoms with van der Waals surface area (Å²) in [6.45, 7) is 1.82. The summed E-state index contributed by atoms with van der Waals surface area (Å²) in [5.41, 5.74) is 0.446. The van der Waals surface area contributed by atoms with Crippen molar-refractivity contribution >= 4 is 33.3 Å². The number of anilines is 1. The lowest BCUT2D eigenvalue weighted by Crippen LogP contribution is -2.29. The first-order valence-electron chi connectivity index (χ1n) is 5.27. The van der Waals surface area contributed by atoms with Gasteiger partial charge in [0.1, 0.15) is 6.04 Å². The van der Waals surface area contributed by atoms with E-state index in [1.807, 2.05) is 6.92 Å². The third-order valence-electron chi connectivity index (χ3n) is 2.38. The Morgan fingerprint density at radius 1 is 1.61 bits per heavy atom. The van der Waals surface area contributed by atoms with Gasteiger partial charge in [-0.25, -0.2) is 4.79 Å². The maximum Gasteiger partial charge on any atom is 0.328 e. The number of methoxy groups -OCH3 is 1. The smallest absolute Gasteiger partial charge is 0.328 e. The molecule has 0 radical (unpaired) electrons. The van der Waals surface area contributed by atoms with Crippen LogP contribution >= 0.6 is 15.9 Å². The summed E-state index contributed by atoms with van der Waals surface area (Å²) in [5.74, 6) is -0.400. The SMILES string of the molecule is CCC(Nc1ccc(Br)c([N+](=O)[O-])c1)C(=O)OC. The molecular formula is C11H13BrN2O4. The number of hydrogen-bond donors (Lipinski definition) is 1. The first kappa shape index (κ1) is 14.4. The number of nitrogens with one attached hydrogen (secondary N) is 1. The van der Waals surface area contributed by atoms with Crippen LogP contribution in [0.4, 0.5) is 11.4 Å². The van der Waals surface area contributed by atoms with Crippen LogP contribution in [0.3, 0.4) is 0 Å². The average molecular weight is 317 g/mol. The summed E-state index contributed by atoms with van der Waals surface area (Å²) in [7, 11) is 1.30. The van der Waals surface area contributed by atoms with Crippen LogP contribution in [0.15, 0.2) is 22.7 Å². The number of nitrogens with zero attached hydrogens (tertiary/aromatic N) is 1. The highest BCUT2D eigenvalue weighted by Crippen LogP contribution is 2.28. The molecule has 1 atom stereocenters. The fourth-order valence-corrected chi connectivity index (χ4v) is 1.80. The van der Waals surface area contributed by atoms with Crippen LogP contribution in [0.1, 0.15) is 13.3 Å². The maximum atomic E-state index is 11.4. The van der Waals surface area contributed by atoms with Gasteiger partial charge in [-0.3, -0.25) is 10.1 Å². The summed E-state index contributed by atoms with van der Waals surface area (Å²) in [5, 5.41) is 13.7. The minimum atomic E-state index is -0.518. The summed E-state index contributed by atoms with van der Waals surface area (Å²) in [6.07, 6.45) is 0.524. The molecule has 0 heterocycles. The lowest BCUT2D eigenvalue weighted by atomic mass is 10.2. The Kier molecular flexibility index (Phi) is 5.08. The van der Waals surface area contributed by atoms with E-state index in [2.05, 4.69) is 26.0 Å². The van der Waals surface area contributed by atoms with Gasteiger partial charge < -0.3 is 10.1 Å². The second kappa shape index (κ2) is 6.34. The van der Waals surface area contributed by atoms with Crippen LogP contribution in [0, 0.1) is 10.1 Å². The van der Waals surface area contributed by atoms with Crippen LogP contribution in [-0.4, -0.2) is 24.0 Å². The Morgan fingerprint density at radius 3 is 2.78 bits per heavy atom. The molecule has 0 amide bonds. The van der Waals surface area contributed by atoms with Crippen molar-refractivity contribution in [1.29, 1.82) is 0 Å². The molecule has 1 rings (SSSR count). The van der Waals surface area contributed by atoms with Crippen molar-refractivity contribution in [3.63, 3.8) is 0 Å². The summed E-state index contributed by atoms with van der Waals surface area (Å²) >= 11 is 3.10. The van der Waals surface area contributed by atoms with E-state index in [9.17, 15) is 14.9 Å². The topological polar surface area (TPSA) is 81.5 Å². The van der Waals surface area contributed by atoms with Crippen molar-refractivity contribution in [2.45, 2.75) is 19.4 Å². The second-order valence-corrected chi connectivity index (χ2v) is 4.41. The minimum absolute atomic E-state index is 0.0558. The number of nitro benzene ring substituents is 1. The van der Waals surface area contributed by atoms with E-state index in [-0.39, 0.29) is 5.69 Å². The van der Waals surface area contributed by atoms with Gasteiger partial charge in [0.25, 0.3) is 5.69 Å². The number of esters is 1. The monoisotopic (exact) mass is 316 g/mol. The highest BCUT2D eigenvalue weighted by Gasteiger charge is 2.18. The predicted octanol–water partition coefficient (Wildman–Crippen LogP) is 2.72. The number of halogens is 1. The van der Waals surface area contributed by atoms with Gasteiger partial charge in [0.15, 0.2) is 0 Å². The lowest BCUT2D eigenvalue weighted by Gasteiger charge is -2.15. The van der Waals surface area contributed by atoms with Crippen molar-refractivity contribution in [2.75, 3.05) is 12.4 Å². The molecule has 7 heteroatoms. The molecule has 6 nitrogen and oxygen atoms in total. The zero-order valence-electron chi connectivity index (χ0n) is 9.97. The Morgan fingerprint density at radius 2 is 2.28 bits per heavy atom. The van der Waals surface area contributed by atoms with E-state index in [4.69, 9.17) is 0 Å². The fourth-order valence-electron chi connectivity index (χ4n) is 1.41. The Bertz CT molecular complexity index is 464. The van der Waals surface area contributed by atoms with E-state index in [1.54, 1.807) is 12.1 Å².